The molecule has 0 radical (unpaired) electrons. The third kappa shape index (κ3) is 2.00. The van der Waals surface area contributed by atoms with E-state index in [1.807, 2.05) is 29.1 Å². The van der Waals surface area contributed by atoms with Gasteiger partial charge in [0.1, 0.15) is 12.4 Å². The van der Waals surface area contributed by atoms with Gasteiger partial charge in [-0.15, -0.1) is 0 Å². The van der Waals surface area contributed by atoms with Gasteiger partial charge >= 0.3 is 0 Å². The summed E-state index contributed by atoms with van der Waals surface area (Å²) in [5, 5.41) is 19.3. The van der Waals surface area contributed by atoms with Crippen molar-refractivity contribution in [3.05, 3.63) is 37.2 Å². The SMILES string of the molecule is OCC1CC(O)C(n2cnc3c(-n4cccc4)ncnc32)O1. The smallest absolute Gasteiger partial charge is 0.168 e. The molecule has 0 bridgehead atoms. The Bertz CT molecular complexity index is 785. The first kappa shape index (κ1) is 13.4. The third-order valence-electron chi connectivity index (χ3n) is 3.83. The minimum Gasteiger partial charge on any atom is -0.394 e. The Balaban J connectivity index is 1.80. The van der Waals surface area contributed by atoms with Gasteiger partial charge in [0.25, 0.3) is 0 Å². The first-order valence-electron chi connectivity index (χ1n) is 7.03. The molecule has 0 aliphatic carbocycles. The lowest BCUT2D eigenvalue weighted by Crippen LogP contribution is -2.19. The van der Waals surface area contributed by atoms with Crippen LogP contribution in [0, 0.1) is 0 Å². The van der Waals surface area contributed by atoms with Crippen LogP contribution >= 0.6 is 0 Å². The van der Waals surface area contributed by atoms with Crippen LogP contribution in [-0.2, 0) is 4.74 Å². The summed E-state index contributed by atoms with van der Waals surface area (Å²) < 4.78 is 9.20. The quantitative estimate of drug-likeness (QED) is 0.720. The first-order chi connectivity index (χ1) is 10.8. The van der Waals surface area contributed by atoms with E-state index >= 15 is 0 Å². The van der Waals surface area contributed by atoms with Crippen LogP contribution < -0.4 is 0 Å². The summed E-state index contributed by atoms with van der Waals surface area (Å²) in [5.41, 5.74) is 1.21. The second-order valence-electron chi connectivity index (χ2n) is 5.25. The molecule has 4 rings (SSSR count). The monoisotopic (exact) mass is 301 g/mol. The van der Waals surface area contributed by atoms with E-state index in [0.717, 1.165) is 0 Å². The second-order valence-corrected chi connectivity index (χ2v) is 5.25. The fraction of sp³-hybridized carbons (Fsp3) is 0.357. The Morgan fingerprint density at radius 3 is 2.77 bits per heavy atom. The maximum Gasteiger partial charge on any atom is 0.168 e. The van der Waals surface area contributed by atoms with Gasteiger partial charge in [0.2, 0.25) is 0 Å². The fourth-order valence-electron chi connectivity index (χ4n) is 2.79. The normalized spacial score (nSPS) is 25.1. The van der Waals surface area contributed by atoms with Gasteiger partial charge in [0, 0.05) is 18.8 Å². The van der Waals surface area contributed by atoms with E-state index < -0.39 is 12.3 Å². The van der Waals surface area contributed by atoms with Crippen LogP contribution in [0.2, 0.25) is 0 Å². The summed E-state index contributed by atoms with van der Waals surface area (Å²) in [6.07, 6.45) is 5.50. The first-order valence-corrected chi connectivity index (χ1v) is 7.03. The molecule has 8 heteroatoms. The van der Waals surface area contributed by atoms with E-state index in [4.69, 9.17) is 4.74 Å². The van der Waals surface area contributed by atoms with Crippen molar-refractivity contribution in [2.24, 2.45) is 0 Å². The highest BCUT2D eigenvalue weighted by Crippen LogP contribution is 2.31. The highest BCUT2D eigenvalue weighted by Gasteiger charge is 2.36. The molecule has 2 N–H and O–H groups in total. The highest BCUT2D eigenvalue weighted by atomic mass is 16.5. The lowest BCUT2D eigenvalue weighted by atomic mass is 10.2. The Morgan fingerprint density at radius 2 is 2.05 bits per heavy atom. The van der Waals surface area contributed by atoms with Crippen LogP contribution in [0.4, 0.5) is 0 Å². The van der Waals surface area contributed by atoms with Gasteiger partial charge in [0.15, 0.2) is 23.2 Å². The Kier molecular flexibility index (Phi) is 3.14. The standard InChI is InChI=1S/C14H15N5O3/c20-6-9-5-10(21)14(22-9)19-8-17-11-12(15-7-16-13(11)19)18-3-1-2-4-18/h1-4,7-10,14,20-21H,5-6H2. The van der Waals surface area contributed by atoms with Gasteiger partial charge in [-0.3, -0.25) is 4.57 Å². The summed E-state index contributed by atoms with van der Waals surface area (Å²) >= 11 is 0. The minimum atomic E-state index is -0.709. The molecule has 1 fully saturated rings. The average Bonchev–Trinajstić information content (AvgIpc) is 3.25. The number of aromatic nitrogens is 5. The molecule has 0 saturated carbocycles. The number of ether oxygens (including phenoxy) is 1. The zero-order valence-electron chi connectivity index (χ0n) is 11.6. The summed E-state index contributed by atoms with van der Waals surface area (Å²) in [4.78, 5) is 12.9. The number of hydrogen-bond donors (Lipinski definition) is 2. The number of hydrogen-bond acceptors (Lipinski definition) is 6. The van der Waals surface area contributed by atoms with Crippen LogP contribution in [0.3, 0.4) is 0 Å². The predicted octanol–water partition coefficient (Wildman–Crippen LogP) is 0.258. The number of nitrogens with zero attached hydrogens (tertiary/aromatic N) is 5. The summed E-state index contributed by atoms with van der Waals surface area (Å²) in [7, 11) is 0. The fourth-order valence-corrected chi connectivity index (χ4v) is 2.79. The minimum absolute atomic E-state index is 0.121. The molecule has 1 saturated heterocycles. The topological polar surface area (TPSA) is 98.2 Å². The van der Waals surface area contributed by atoms with Gasteiger partial charge in [-0.2, -0.15) is 0 Å². The average molecular weight is 301 g/mol. The van der Waals surface area contributed by atoms with Gasteiger partial charge in [-0.25, -0.2) is 15.0 Å². The van der Waals surface area contributed by atoms with Crippen molar-refractivity contribution in [2.75, 3.05) is 6.61 Å². The number of aliphatic hydroxyl groups is 2. The molecule has 4 heterocycles. The van der Waals surface area contributed by atoms with Crippen LogP contribution in [0.1, 0.15) is 12.6 Å². The van der Waals surface area contributed by atoms with E-state index in [-0.39, 0.29) is 12.7 Å². The van der Waals surface area contributed by atoms with Gasteiger partial charge in [-0.05, 0) is 12.1 Å². The molecular formula is C14H15N5O3. The van der Waals surface area contributed by atoms with E-state index in [1.165, 1.54) is 6.33 Å². The number of imidazole rings is 1. The molecule has 114 valence electrons. The lowest BCUT2D eigenvalue weighted by molar-refractivity contribution is -0.0486. The van der Waals surface area contributed by atoms with Crippen molar-refractivity contribution in [3.63, 3.8) is 0 Å². The van der Waals surface area contributed by atoms with Crippen molar-refractivity contribution in [1.82, 2.24) is 24.1 Å². The molecule has 3 atom stereocenters. The third-order valence-corrected chi connectivity index (χ3v) is 3.83. The Labute approximate surface area is 125 Å². The molecule has 0 amide bonds. The molecule has 3 unspecified atom stereocenters. The van der Waals surface area contributed by atoms with Crippen LogP contribution in [0.5, 0.6) is 0 Å². The van der Waals surface area contributed by atoms with E-state index in [0.29, 0.717) is 23.4 Å². The van der Waals surface area contributed by atoms with Gasteiger partial charge < -0.3 is 19.5 Å². The van der Waals surface area contributed by atoms with Crippen molar-refractivity contribution < 1.29 is 14.9 Å². The Hall–Kier alpha value is -2.29. The number of rotatable bonds is 3. The molecule has 3 aromatic heterocycles. The molecule has 1 aliphatic rings. The molecule has 0 aromatic carbocycles. The van der Waals surface area contributed by atoms with Crippen LogP contribution in [-0.4, -0.2) is 53.1 Å². The van der Waals surface area contributed by atoms with Crippen LogP contribution in [0.25, 0.3) is 17.0 Å². The van der Waals surface area contributed by atoms with Gasteiger partial charge in [-0.1, -0.05) is 0 Å². The van der Waals surface area contributed by atoms with Crippen molar-refractivity contribution in [1.29, 1.82) is 0 Å². The van der Waals surface area contributed by atoms with E-state index in [2.05, 4.69) is 15.0 Å². The predicted molar refractivity (Wildman–Crippen MR) is 76.3 cm³/mol. The van der Waals surface area contributed by atoms with Crippen molar-refractivity contribution >= 4 is 11.2 Å². The molecule has 0 spiro atoms. The summed E-state index contributed by atoms with van der Waals surface area (Å²) in [6, 6.07) is 3.81. The molecule has 8 nitrogen and oxygen atoms in total. The van der Waals surface area contributed by atoms with Crippen molar-refractivity contribution in [3.8, 4) is 5.82 Å². The maximum absolute atomic E-state index is 10.1. The molecular weight excluding hydrogens is 286 g/mol. The van der Waals surface area contributed by atoms with E-state index in [9.17, 15) is 10.2 Å². The highest BCUT2D eigenvalue weighted by molar-refractivity contribution is 5.78. The number of aliphatic hydroxyl groups excluding tert-OH is 2. The van der Waals surface area contributed by atoms with Gasteiger partial charge in [0.05, 0.1) is 19.0 Å². The largest absolute Gasteiger partial charge is 0.394 e. The zero-order valence-corrected chi connectivity index (χ0v) is 11.6. The zero-order chi connectivity index (χ0) is 15.1. The van der Waals surface area contributed by atoms with Crippen LogP contribution in [0.15, 0.2) is 37.2 Å². The maximum atomic E-state index is 10.1. The molecule has 1 aliphatic heterocycles. The molecule has 3 aromatic rings. The number of fused-ring (bicyclic) bond motifs is 1. The van der Waals surface area contributed by atoms with E-state index in [1.54, 1.807) is 10.9 Å². The summed E-state index contributed by atoms with van der Waals surface area (Å²) in [5.74, 6) is 0.667. The van der Waals surface area contributed by atoms with Crippen molar-refractivity contribution in [2.45, 2.75) is 24.9 Å². The molecule has 22 heavy (non-hydrogen) atoms. The summed E-state index contributed by atoms with van der Waals surface area (Å²) in [6.45, 7) is -0.121. The second kappa shape index (κ2) is 5.16. The lowest BCUT2D eigenvalue weighted by Gasteiger charge is -2.16. The Morgan fingerprint density at radius 1 is 1.23 bits per heavy atom.